The maximum Gasteiger partial charge on any atom is 0.357 e. The van der Waals surface area contributed by atoms with E-state index in [4.69, 9.17) is 28.4 Å². The Morgan fingerprint density at radius 2 is 1.35 bits per heavy atom. The molecule has 0 amide bonds. The maximum atomic E-state index is 13.2. The van der Waals surface area contributed by atoms with Crippen LogP contribution in [0.3, 0.4) is 0 Å². The Morgan fingerprint density at radius 1 is 0.744 bits per heavy atom. The molecule has 1 saturated heterocycles. The van der Waals surface area contributed by atoms with Crippen molar-refractivity contribution in [2.24, 2.45) is 0 Å². The lowest BCUT2D eigenvalue weighted by Crippen LogP contribution is -2.45. The van der Waals surface area contributed by atoms with E-state index in [0.29, 0.717) is 19.8 Å². The van der Waals surface area contributed by atoms with Gasteiger partial charge in [-0.1, -0.05) is 97.1 Å². The minimum atomic E-state index is -0.875. The summed E-state index contributed by atoms with van der Waals surface area (Å²) in [7, 11) is 0. The predicted molar refractivity (Wildman–Crippen MR) is 160 cm³/mol. The largest absolute Gasteiger partial charge is 0.449 e. The van der Waals surface area contributed by atoms with Crippen LogP contribution in [0.25, 0.3) is 0 Å². The van der Waals surface area contributed by atoms with Crippen LogP contribution >= 0.6 is 0 Å². The molecular formula is C35H37NO7. The van der Waals surface area contributed by atoms with Crippen molar-refractivity contribution in [3.8, 4) is 0 Å². The van der Waals surface area contributed by atoms with Crippen LogP contribution in [0.1, 0.15) is 34.1 Å². The van der Waals surface area contributed by atoms with Gasteiger partial charge in [-0.2, -0.15) is 0 Å². The van der Waals surface area contributed by atoms with E-state index in [2.05, 4.69) is 4.98 Å². The van der Waals surface area contributed by atoms with Crippen LogP contribution in [0, 0.1) is 0 Å². The Hall–Kier alpha value is -3.92. The Balaban J connectivity index is 1.40. The number of rotatable bonds is 15. The number of benzene rings is 3. The van der Waals surface area contributed by atoms with E-state index in [-0.39, 0.29) is 18.9 Å². The molecule has 2 heterocycles. The number of carbonyl (C=O) groups is 1. The second kappa shape index (κ2) is 16.1. The highest BCUT2D eigenvalue weighted by Crippen LogP contribution is 2.32. The fraction of sp³-hybridized carbons (Fsp3) is 0.314. The molecule has 224 valence electrons. The number of esters is 1. The summed E-state index contributed by atoms with van der Waals surface area (Å²) >= 11 is 0. The molecule has 0 radical (unpaired) electrons. The molecule has 5 atom stereocenters. The number of nitrogens with zero attached hydrogens (tertiary/aromatic N) is 1. The minimum absolute atomic E-state index is 0.186. The fourth-order valence-electron chi connectivity index (χ4n) is 4.88. The van der Waals surface area contributed by atoms with Crippen molar-refractivity contribution >= 4 is 5.97 Å². The molecule has 8 nitrogen and oxygen atoms in total. The van der Waals surface area contributed by atoms with Gasteiger partial charge in [0.25, 0.3) is 0 Å². The summed E-state index contributed by atoms with van der Waals surface area (Å²) in [6, 6.07) is 34.7. The lowest BCUT2D eigenvalue weighted by Gasteiger charge is -2.29. The van der Waals surface area contributed by atoms with Gasteiger partial charge in [-0.3, -0.25) is 0 Å². The van der Waals surface area contributed by atoms with E-state index in [1.165, 1.54) is 0 Å². The highest BCUT2D eigenvalue weighted by molar-refractivity contribution is 5.87. The Labute approximate surface area is 252 Å². The summed E-state index contributed by atoms with van der Waals surface area (Å²) in [5.41, 5.74) is 3.21. The fourth-order valence-corrected chi connectivity index (χ4v) is 4.88. The highest BCUT2D eigenvalue weighted by atomic mass is 16.7. The number of hydrogen-bond acceptors (Lipinski definition) is 8. The molecule has 0 saturated carbocycles. The molecule has 1 fully saturated rings. The van der Waals surface area contributed by atoms with E-state index in [9.17, 15) is 4.79 Å². The maximum absolute atomic E-state index is 13.2. The monoisotopic (exact) mass is 583 g/mol. The molecule has 5 rings (SSSR count). The zero-order valence-electron chi connectivity index (χ0n) is 24.2. The summed E-state index contributed by atoms with van der Waals surface area (Å²) in [6.07, 6.45) is -2.15. The van der Waals surface area contributed by atoms with Crippen LogP contribution in [0.5, 0.6) is 0 Å². The Morgan fingerprint density at radius 3 is 1.95 bits per heavy atom. The molecule has 1 aromatic heterocycles. The molecule has 0 aliphatic carbocycles. The molecular weight excluding hydrogens is 546 g/mol. The van der Waals surface area contributed by atoms with E-state index in [1.807, 2.05) is 97.9 Å². The average Bonchev–Trinajstić information content (AvgIpc) is 3.39. The molecule has 0 spiro atoms. The summed E-state index contributed by atoms with van der Waals surface area (Å²) in [5, 5.41) is 0. The average molecular weight is 584 g/mol. The smallest absolute Gasteiger partial charge is 0.357 e. The molecule has 4 aromatic rings. The number of ether oxygens (including phenoxy) is 6. The van der Waals surface area contributed by atoms with Crippen molar-refractivity contribution in [2.75, 3.05) is 13.2 Å². The number of hydrogen-bond donors (Lipinski definition) is 0. The van der Waals surface area contributed by atoms with Gasteiger partial charge in [-0.05, 0) is 35.7 Å². The molecule has 0 N–H and O–H groups in total. The summed E-state index contributed by atoms with van der Waals surface area (Å²) in [6.45, 7) is 3.45. The highest BCUT2D eigenvalue weighted by Gasteiger charge is 2.52. The molecule has 1 unspecified atom stereocenters. The van der Waals surface area contributed by atoms with Gasteiger partial charge in [-0.15, -0.1) is 0 Å². The van der Waals surface area contributed by atoms with Gasteiger partial charge in [-0.25, -0.2) is 9.78 Å². The lowest BCUT2D eigenvalue weighted by molar-refractivity contribution is -0.190. The standard InChI is InChI=1S/C35H37NO7/c1-2-39-35-33(42-34(37)29-20-12-13-21-36-29)32(41-24-28-18-10-5-11-19-28)31(43-35)30(40-23-27-16-8-4-9-17-27)25-38-22-26-14-6-3-7-15-26/h3-21,30-33,35H,2,22-25H2,1H3/t30-,31-,32+,33-,35?/m1/s1. The first-order valence-corrected chi connectivity index (χ1v) is 14.5. The van der Waals surface area contributed by atoms with Gasteiger partial charge >= 0.3 is 5.97 Å². The number of aromatic nitrogens is 1. The minimum Gasteiger partial charge on any atom is -0.449 e. The van der Waals surface area contributed by atoms with Gasteiger partial charge in [0, 0.05) is 12.8 Å². The second-order valence-corrected chi connectivity index (χ2v) is 10.1. The van der Waals surface area contributed by atoms with Gasteiger partial charge < -0.3 is 28.4 Å². The summed E-state index contributed by atoms with van der Waals surface area (Å²) in [5.74, 6) is -0.588. The van der Waals surface area contributed by atoms with E-state index in [1.54, 1.807) is 24.4 Å². The molecule has 43 heavy (non-hydrogen) atoms. The van der Waals surface area contributed by atoms with Gasteiger partial charge in [0.05, 0.1) is 26.4 Å². The second-order valence-electron chi connectivity index (χ2n) is 10.1. The third kappa shape index (κ3) is 8.79. The Kier molecular flexibility index (Phi) is 11.4. The first-order chi connectivity index (χ1) is 21.2. The third-order valence-corrected chi connectivity index (χ3v) is 7.01. The topological polar surface area (TPSA) is 85.3 Å². The number of pyridine rings is 1. The zero-order chi connectivity index (χ0) is 29.7. The summed E-state index contributed by atoms with van der Waals surface area (Å²) in [4.78, 5) is 17.3. The van der Waals surface area contributed by atoms with E-state index in [0.717, 1.165) is 16.7 Å². The zero-order valence-corrected chi connectivity index (χ0v) is 24.2. The van der Waals surface area contributed by atoms with Gasteiger partial charge in [0.2, 0.25) is 0 Å². The van der Waals surface area contributed by atoms with Crippen molar-refractivity contribution in [1.29, 1.82) is 0 Å². The Bertz CT molecular complexity index is 1360. The van der Waals surface area contributed by atoms with Crippen LogP contribution in [0.4, 0.5) is 0 Å². The summed E-state index contributed by atoms with van der Waals surface area (Å²) < 4.78 is 37.5. The first kappa shape index (κ1) is 30.5. The van der Waals surface area contributed by atoms with E-state index >= 15 is 0 Å². The van der Waals surface area contributed by atoms with Crippen molar-refractivity contribution in [1.82, 2.24) is 4.98 Å². The van der Waals surface area contributed by atoms with Gasteiger partial charge in [0.1, 0.15) is 24.0 Å². The van der Waals surface area contributed by atoms with Crippen molar-refractivity contribution in [2.45, 2.75) is 57.5 Å². The molecule has 1 aliphatic heterocycles. The quantitative estimate of drug-likeness (QED) is 0.164. The molecule has 0 bridgehead atoms. The van der Waals surface area contributed by atoms with Gasteiger partial charge in [0.15, 0.2) is 12.4 Å². The van der Waals surface area contributed by atoms with Crippen LogP contribution in [0.15, 0.2) is 115 Å². The normalized spacial score (nSPS) is 20.5. The SMILES string of the molecule is CCOC1O[C@H]([C@@H](COCc2ccccc2)OCc2ccccc2)[C@H](OCc2ccccc2)[C@H]1OC(=O)c1ccccn1. The predicted octanol–water partition coefficient (Wildman–Crippen LogP) is 5.76. The third-order valence-electron chi connectivity index (χ3n) is 7.01. The first-order valence-electron chi connectivity index (χ1n) is 14.5. The molecule has 1 aliphatic rings. The van der Waals surface area contributed by atoms with Crippen LogP contribution < -0.4 is 0 Å². The van der Waals surface area contributed by atoms with Crippen LogP contribution in [0.2, 0.25) is 0 Å². The van der Waals surface area contributed by atoms with Crippen molar-refractivity contribution in [3.05, 3.63) is 138 Å². The molecule has 3 aromatic carbocycles. The van der Waals surface area contributed by atoms with E-state index < -0.39 is 36.7 Å². The van der Waals surface area contributed by atoms with Crippen LogP contribution in [-0.4, -0.2) is 54.9 Å². The van der Waals surface area contributed by atoms with Crippen LogP contribution in [-0.2, 0) is 48.2 Å². The number of carbonyl (C=O) groups excluding carboxylic acids is 1. The van der Waals surface area contributed by atoms with Crippen molar-refractivity contribution in [3.63, 3.8) is 0 Å². The lowest BCUT2D eigenvalue weighted by atomic mass is 10.0. The van der Waals surface area contributed by atoms with Crippen molar-refractivity contribution < 1.29 is 33.2 Å². The molecule has 8 heteroatoms.